The van der Waals surface area contributed by atoms with E-state index in [1.807, 2.05) is 13.0 Å². The van der Waals surface area contributed by atoms with Gasteiger partial charge < -0.3 is 10.4 Å². The summed E-state index contributed by atoms with van der Waals surface area (Å²) in [5.74, 6) is 0.436. The zero-order chi connectivity index (χ0) is 11.5. The van der Waals surface area contributed by atoms with Crippen molar-refractivity contribution in [1.82, 2.24) is 5.32 Å². The molecule has 2 rings (SSSR count). The van der Waals surface area contributed by atoms with Gasteiger partial charge in [0, 0.05) is 6.04 Å². The van der Waals surface area contributed by atoms with Crippen LogP contribution in [0.1, 0.15) is 36.0 Å². The minimum atomic E-state index is 0.436. The third kappa shape index (κ3) is 2.56. The quantitative estimate of drug-likeness (QED) is 0.801. The summed E-state index contributed by atoms with van der Waals surface area (Å²) in [5.41, 5.74) is 3.44. The number of hydrogen-bond acceptors (Lipinski definition) is 2. The van der Waals surface area contributed by atoms with Crippen molar-refractivity contribution in [2.24, 2.45) is 0 Å². The molecule has 2 N–H and O–H groups in total. The lowest BCUT2D eigenvalue weighted by atomic mass is 9.95. The predicted octanol–water partition coefficient (Wildman–Crippen LogP) is 2.69. The largest absolute Gasteiger partial charge is 0.508 e. The highest BCUT2D eigenvalue weighted by atomic mass is 16.3. The maximum atomic E-state index is 9.79. The first-order chi connectivity index (χ1) is 7.66. The highest BCUT2D eigenvalue weighted by Gasteiger charge is 2.14. The fourth-order valence-electron chi connectivity index (χ4n) is 2.41. The van der Waals surface area contributed by atoms with Crippen LogP contribution in [0, 0.1) is 13.8 Å². The number of nitrogens with one attached hydrogen (secondary N) is 1. The molecule has 1 aliphatic rings. The SMILES string of the molecule is Cc1cc(CC2CCCCN2)cc(O)c1C. The zero-order valence-corrected chi connectivity index (χ0v) is 10.2. The highest BCUT2D eigenvalue weighted by Crippen LogP contribution is 2.23. The maximum absolute atomic E-state index is 9.79. The Morgan fingerprint density at radius 3 is 2.75 bits per heavy atom. The molecular formula is C14H21NO. The van der Waals surface area contributed by atoms with Gasteiger partial charge in [0.2, 0.25) is 0 Å². The molecule has 0 aromatic heterocycles. The number of piperidine rings is 1. The van der Waals surface area contributed by atoms with E-state index in [2.05, 4.69) is 18.3 Å². The predicted molar refractivity (Wildman–Crippen MR) is 66.9 cm³/mol. The third-order valence-corrected chi connectivity index (χ3v) is 3.59. The van der Waals surface area contributed by atoms with Gasteiger partial charge in [0.1, 0.15) is 5.75 Å². The highest BCUT2D eigenvalue weighted by molar-refractivity contribution is 5.41. The van der Waals surface area contributed by atoms with Crippen molar-refractivity contribution in [1.29, 1.82) is 0 Å². The van der Waals surface area contributed by atoms with Crippen LogP contribution in [-0.2, 0) is 6.42 Å². The van der Waals surface area contributed by atoms with Gasteiger partial charge in [-0.3, -0.25) is 0 Å². The van der Waals surface area contributed by atoms with Gasteiger partial charge in [0.25, 0.3) is 0 Å². The Balaban J connectivity index is 2.09. The van der Waals surface area contributed by atoms with Gasteiger partial charge in [-0.15, -0.1) is 0 Å². The third-order valence-electron chi connectivity index (χ3n) is 3.59. The van der Waals surface area contributed by atoms with E-state index in [1.165, 1.54) is 30.4 Å². The normalized spacial score (nSPS) is 21.0. The van der Waals surface area contributed by atoms with Crippen LogP contribution in [-0.4, -0.2) is 17.7 Å². The summed E-state index contributed by atoms with van der Waals surface area (Å²) in [6, 6.07) is 4.71. The molecule has 2 nitrogen and oxygen atoms in total. The summed E-state index contributed by atoms with van der Waals surface area (Å²) in [6.45, 7) is 5.17. The first-order valence-electron chi connectivity index (χ1n) is 6.19. The molecule has 0 aliphatic carbocycles. The molecule has 0 saturated carbocycles. The Labute approximate surface area is 97.7 Å². The first-order valence-corrected chi connectivity index (χ1v) is 6.19. The number of phenolic OH excluding ortho intramolecular Hbond substituents is 1. The van der Waals surface area contributed by atoms with Crippen molar-refractivity contribution in [3.8, 4) is 5.75 Å². The monoisotopic (exact) mass is 219 g/mol. The number of aromatic hydroxyl groups is 1. The fraction of sp³-hybridized carbons (Fsp3) is 0.571. The number of phenols is 1. The average molecular weight is 219 g/mol. The standard InChI is InChI=1S/C14H21NO/c1-10-7-12(9-14(16)11(10)2)8-13-5-3-4-6-15-13/h7,9,13,15-16H,3-6,8H2,1-2H3. The Morgan fingerprint density at radius 2 is 2.12 bits per heavy atom. The van der Waals surface area contributed by atoms with Crippen molar-refractivity contribution in [2.75, 3.05) is 6.54 Å². The first kappa shape index (κ1) is 11.5. The van der Waals surface area contributed by atoms with Crippen LogP contribution >= 0.6 is 0 Å². The second kappa shape index (κ2) is 4.88. The van der Waals surface area contributed by atoms with E-state index in [0.29, 0.717) is 11.8 Å². The molecule has 0 amide bonds. The lowest BCUT2D eigenvalue weighted by Crippen LogP contribution is -2.35. The van der Waals surface area contributed by atoms with Crippen LogP contribution in [0.4, 0.5) is 0 Å². The van der Waals surface area contributed by atoms with Gasteiger partial charge >= 0.3 is 0 Å². The van der Waals surface area contributed by atoms with Crippen molar-refractivity contribution in [3.05, 3.63) is 28.8 Å². The lowest BCUT2D eigenvalue weighted by molar-refractivity contribution is 0.398. The summed E-state index contributed by atoms with van der Waals surface area (Å²) in [6.07, 6.45) is 4.92. The number of benzene rings is 1. The van der Waals surface area contributed by atoms with Crippen molar-refractivity contribution >= 4 is 0 Å². The summed E-state index contributed by atoms with van der Waals surface area (Å²) in [5, 5.41) is 13.3. The van der Waals surface area contributed by atoms with Gasteiger partial charge in [-0.1, -0.05) is 12.5 Å². The molecule has 1 unspecified atom stereocenters. The molecule has 0 spiro atoms. The smallest absolute Gasteiger partial charge is 0.119 e. The molecule has 0 bridgehead atoms. The van der Waals surface area contributed by atoms with Gasteiger partial charge in [0.05, 0.1) is 0 Å². The number of hydrogen-bond donors (Lipinski definition) is 2. The van der Waals surface area contributed by atoms with Crippen molar-refractivity contribution in [3.63, 3.8) is 0 Å². The van der Waals surface area contributed by atoms with E-state index in [0.717, 1.165) is 18.5 Å². The van der Waals surface area contributed by atoms with E-state index in [1.54, 1.807) is 0 Å². The molecule has 1 aromatic carbocycles. The molecule has 1 fully saturated rings. The number of aryl methyl sites for hydroxylation is 1. The van der Waals surface area contributed by atoms with Crippen LogP contribution < -0.4 is 5.32 Å². The Hall–Kier alpha value is -1.02. The maximum Gasteiger partial charge on any atom is 0.119 e. The van der Waals surface area contributed by atoms with E-state index in [9.17, 15) is 5.11 Å². The molecule has 1 atom stereocenters. The second-order valence-corrected chi connectivity index (χ2v) is 4.91. The van der Waals surface area contributed by atoms with Crippen LogP contribution in [0.3, 0.4) is 0 Å². The fourth-order valence-corrected chi connectivity index (χ4v) is 2.41. The summed E-state index contributed by atoms with van der Waals surface area (Å²) >= 11 is 0. The van der Waals surface area contributed by atoms with E-state index in [4.69, 9.17) is 0 Å². The molecule has 1 aromatic rings. The van der Waals surface area contributed by atoms with Gasteiger partial charge in [0.15, 0.2) is 0 Å². The van der Waals surface area contributed by atoms with Crippen LogP contribution in [0.2, 0.25) is 0 Å². The van der Waals surface area contributed by atoms with Crippen molar-refractivity contribution < 1.29 is 5.11 Å². The molecule has 1 saturated heterocycles. The molecular weight excluding hydrogens is 198 g/mol. The van der Waals surface area contributed by atoms with Crippen LogP contribution in [0.5, 0.6) is 5.75 Å². The minimum Gasteiger partial charge on any atom is -0.508 e. The molecule has 16 heavy (non-hydrogen) atoms. The van der Waals surface area contributed by atoms with Crippen LogP contribution in [0.15, 0.2) is 12.1 Å². The zero-order valence-electron chi connectivity index (χ0n) is 10.2. The second-order valence-electron chi connectivity index (χ2n) is 4.91. The van der Waals surface area contributed by atoms with E-state index < -0.39 is 0 Å². The van der Waals surface area contributed by atoms with Crippen LogP contribution in [0.25, 0.3) is 0 Å². The molecule has 88 valence electrons. The summed E-state index contributed by atoms with van der Waals surface area (Å²) in [4.78, 5) is 0. The van der Waals surface area contributed by atoms with E-state index in [-0.39, 0.29) is 0 Å². The average Bonchev–Trinajstić information content (AvgIpc) is 2.27. The summed E-state index contributed by atoms with van der Waals surface area (Å²) < 4.78 is 0. The molecule has 1 heterocycles. The lowest BCUT2D eigenvalue weighted by Gasteiger charge is -2.23. The number of rotatable bonds is 2. The molecule has 2 heteroatoms. The topological polar surface area (TPSA) is 32.3 Å². The summed E-state index contributed by atoms with van der Waals surface area (Å²) in [7, 11) is 0. The van der Waals surface area contributed by atoms with Crippen molar-refractivity contribution in [2.45, 2.75) is 45.6 Å². The Bertz CT molecular complexity index is 344. The Kier molecular flexibility index (Phi) is 3.49. The van der Waals surface area contributed by atoms with Gasteiger partial charge in [-0.2, -0.15) is 0 Å². The minimum absolute atomic E-state index is 0.436. The molecule has 0 radical (unpaired) electrons. The van der Waals surface area contributed by atoms with E-state index >= 15 is 0 Å². The van der Waals surface area contributed by atoms with Gasteiger partial charge in [-0.25, -0.2) is 0 Å². The van der Waals surface area contributed by atoms with Gasteiger partial charge in [-0.05, 0) is 62.4 Å². The Morgan fingerprint density at radius 1 is 1.31 bits per heavy atom. The molecule has 1 aliphatic heterocycles.